The average molecular weight is 186 g/mol. The van der Waals surface area contributed by atoms with Gasteiger partial charge in [-0.25, -0.2) is 0 Å². The van der Waals surface area contributed by atoms with E-state index in [1.165, 1.54) is 0 Å². The van der Waals surface area contributed by atoms with E-state index >= 15 is 0 Å². The number of amides is 1. The normalized spacial score (nSPS) is 12.9. The van der Waals surface area contributed by atoms with Crippen LogP contribution in [0, 0.1) is 5.92 Å². The molecule has 0 aromatic rings. The van der Waals surface area contributed by atoms with Crippen molar-refractivity contribution in [1.29, 1.82) is 0 Å². The number of ketones is 1. The largest absolute Gasteiger partial charge is 0.370 e. The fourth-order valence-corrected chi connectivity index (χ4v) is 1.31. The zero-order valence-electron chi connectivity index (χ0n) is 8.25. The van der Waals surface area contributed by atoms with E-state index in [1.54, 1.807) is 0 Å². The summed E-state index contributed by atoms with van der Waals surface area (Å²) in [5.74, 6) is -0.607. The van der Waals surface area contributed by atoms with Crippen molar-refractivity contribution in [1.82, 2.24) is 0 Å². The predicted molar refractivity (Wildman–Crippen MR) is 50.9 cm³/mol. The summed E-state index contributed by atoms with van der Waals surface area (Å²) < 4.78 is 0. The van der Waals surface area contributed by atoms with Gasteiger partial charge in [0.1, 0.15) is 0 Å². The highest BCUT2D eigenvalue weighted by Crippen LogP contribution is 2.11. The Morgan fingerprint density at radius 1 is 1.23 bits per heavy atom. The number of carbonyl (C=O) groups excluding carboxylic acids is 2. The zero-order valence-corrected chi connectivity index (χ0v) is 8.25. The van der Waals surface area contributed by atoms with E-state index < -0.39 is 11.9 Å². The highest BCUT2D eigenvalue weighted by Gasteiger charge is 2.22. The number of primary amides is 1. The number of Topliss-reactive ketones (excluding diaryl/α,β-unsaturated/α-hetero) is 1. The summed E-state index contributed by atoms with van der Waals surface area (Å²) in [5, 5.41) is 0. The molecule has 1 unspecified atom stereocenters. The maximum Gasteiger partial charge on any atom is 0.219 e. The minimum atomic E-state index is -0.720. The Hall–Kier alpha value is -0.900. The van der Waals surface area contributed by atoms with Crippen molar-refractivity contribution < 1.29 is 9.59 Å². The van der Waals surface area contributed by atoms with Gasteiger partial charge in [-0.05, 0) is 12.8 Å². The smallest absolute Gasteiger partial charge is 0.219 e. The van der Waals surface area contributed by atoms with E-state index in [4.69, 9.17) is 11.5 Å². The molecule has 4 nitrogen and oxygen atoms in total. The van der Waals surface area contributed by atoms with Crippen molar-refractivity contribution >= 4 is 11.7 Å². The molecule has 4 N–H and O–H groups in total. The second-order valence-electron chi connectivity index (χ2n) is 3.19. The van der Waals surface area contributed by atoms with E-state index in [0.29, 0.717) is 0 Å². The van der Waals surface area contributed by atoms with Crippen molar-refractivity contribution in [2.75, 3.05) is 0 Å². The number of rotatable bonds is 6. The molecule has 4 heteroatoms. The van der Waals surface area contributed by atoms with Crippen LogP contribution in [-0.2, 0) is 9.59 Å². The lowest BCUT2D eigenvalue weighted by Crippen LogP contribution is -2.38. The van der Waals surface area contributed by atoms with E-state index in [2.05, 4.69) is 0 Å². The van der Waals surface area contributed by atoms with Gasteiger partial charge in [0.05, 0.1) is 6.04 Å². The SMILES string of the molecule is CCC(CC)C(=O)C(N)CC(N)=O. The fraction of sp³-hybridized carbons (Fsp3) is 0.778. The summed E-state index contributed by atoms with van der Waals surface area (Å²) in [5.41, 5.74) is 10.5. The van der Waals surface area contributed by atoms with Gasteiger partial charge in [-0.1, -0.05) is 13.8 Å². The maximum atomic E-state index is 11.5. The van der Waals surface area contributed by atoms with Crippen LogP contribution < -0.4 is 11.5 Å². The molecule has 0 radical (unpaired) electrons. The zero-order chi connectivity index (χ0) is 10.4. The van der Waals surface area contributed by atoms with Crippen molar-refractivity contribution in [2.24, 2.45) is 17.4 Å². The summed E-state index contributed by atoms with van der Waals surface area (Å²) in [6.45, 7) is 3.87. The van der Waals surface area contributed by atoms with Crippen LogP contribution in [0.1, 0.15) is 33.1 Å². The predicted octanol–water partition coefficient (Wildman–Crippen LogP) is 0.194. The molecule has 13 heavy (non-hydrogen) atoms. The van der Waals surface area contributed by atoms with E-state index in [0.717, 1.165) is 12.8 Å². The third kappa shape index (κ3) is 4.03. The van der Waals surface area contributed by atoms with Crippen LogP contribution in [0.4, 0.5) is 0 Å². The summed E-state index contributed by atoms with van der Waals surface area (Å²) in [4.78, 5) is 22.0. The van der Waals surface area contributed by atoms with Crippen molar-refractivity contribution in [3.8, 4) is 0 Å². The number of carbonyl (C=O) groups is 2. The monoisotopic (exact) mass is 186 g/mol. The minimum Gasteiger partial charge on any atom is -0.370 e. The van der Waals surface area contributed by atoms with Gasteiger partial charge in [-0.2, -0.15) is 0 Å². The number of hydrogen-bond acceptors (Lipinski definition) is 3. The Morgan fingerprint density at radius 2 is 1.69 bits per heavy atom. The van der Waals surface area contributed by atoms with E-state index in [9.17, 15) is 9.59 Å². The molecule has 1 amide bonds. The maximum absolute atomic E-state index is 11.5. The lowest BCUT2D eigenvalue weighted by Gasteiger charge is -2.15. The van der Waals surface area contributed by atoms with Gasteiger partial charge in [0.25, 0.3) is 0 Å². The molecule has 0 bridgehead atoms. The van der Waals surface area contributed by atoms with Gasteiger partial charge in [0.15, 0.2) is 5.78 Å². The third-order valence-corrected chi connectivity index (χ3v) is 2.17. The lowest BCUT2D eigenvalue weighted by molar-refractivity contribution is -0.127. The molecule has 76 valence electrons. The lowest BCUT2D eigenvalue weighted by atomic mass is 9.92. The van der Waals surface area contributed by atoms with Crippen LogP contribution in [-0.4, -0.2) is 17.7 Å². The van der Waals surface area contributed by atoms with Crippen LogP contribution in [0.15, 0.2) is 0 Å². The van der Waals surface area contributed by atoms with Gasteiger partial charge in [-0.3, -0.25) is 9.59 Å². The Kier molecular flexibility index (Phi) is 5.30. The van der Waals surface area contributed by atoms with Gasteiger partial charge < -0.3 is 11.5 Å². The molecular weight excluding hydrogens is 168 g/mol. The Morgan fingerprint density at radius 3 is 2.00 bits per heavy atom. The van der Waals surface area contributed by atoms with Crippen molar-refractivity contribution in [3.63, 3.8) is 0 Å². The molecule has 0 rings (SSSR count). The fourth-order valence-electron chi connectivity index (χ4n) is 1.31. The second kappa shape index (κ2) is 5.70. The quantitative estimate of drug-likeness (QED) is 0.621. The molecule has 0 saturated carbocycles. The molecule has 0 spiro atoms. The first kappa shape index (κ1) is 12.1. The van der Waals surface area contributed by atoms with Gasteiger partial charge in [-0.15, -0.1) is 0 Å². The van der Waals surface area contributed by atoms with Crippen LogP contribution >= 0.6 is 0 Å². The molecule has 0 aliphatic heterocycles. The third-order valence-electron chi connectivity index (χ3n) is 2.17. The molecule has 0 aliphatic rings. The van der Waals surface area contributed by atoms with Gasteiger partial charge in [0, 0.05) is 12.3 Å². The Bertz CT molecular complexity index is 188. The first-order chi connectivity index (χ1) is 6.02. The molecular formula is C9H18N2O2. The van der Waals surface area contributed by atoms with Crippen LogP contribution in [0.2, 0.25) is 0 Å². The summed E-state index contributed by atoms with van der Waals surface area (Å²) in [6.07, 6.45) is 1.49. The van der Waals surface area contributed by atoms with Crippen molar-refractivity contribution in [2.45, 2.75) is 39.2 Å². The highest BCUT2D eigenvalue weighted by molar-refractivity contribution is 5.90. The first-order valence-corrected chi connectivity index (χ1v) is 4.60. The summed E-state index contributed by atoms with van der Waals surface area (Å²) in [7, 11) is 0. The summed E-state index contributed by atoms with van der Waals surface area (Å²) in [6, 6.07) is -0.720. The van der Waals surface area contributed by atoms with Gasteiger partial charge >= 0.3 is 0 Å². The Balaban J connectivity index is 4.14. The standard InChI is InChI=1S/C9H18N2O2/c1-3-6(4-2)9(13)7(10)5-8(11)12/h6-7H,3-5,10H2,1-2H3,(H2,11,12). The minimum absolute atomic E-state index is 0.0330. The number of hydrogen-bond donors (Lipinski definition) is 2. The average Bonchev–Trinajstić information content (AvgIpc) is 2.05. The van der Waals surface area contributed by atoms with Crippen LogP contribution in [0.25, 0.3) is 0 Å². The molecule has 1 atom stereocenters. The molecule has 0 saturated heterocycles. The first-order valence-electron chi connectivity index (χ1n) is 4.60. The van der Waals surface area contributed by atoms with E-state index in [1.807, 2.05) is 13.8 Å². The second-order valence-corrected chi connectivity index (χ2v) is 3.19. The van der Waals surface area contributed by atoms with Crippen molar-refractivity contribution in [3.05, 3.63) is 0 Å². The number of nitrogens with two attached hydrogens (primary N) is 2. The highest BCUT2D eigenvalue weighted by atomic mass is 16.1. The molecule has 0 aromatic heterocycles. The topological polar surface area (TPSA) is 86.2 Å². The van der Waals surface area contributed by atoms with Crippen LogP contribution in [0.3, 0.4) is 0 Å². The van der Waals surface area contributed by atoms with E-state index in [-0.39, 0.29) is 18.1 Å². The molecule has 0 fully saturated rings. The molecule has 0 aliphatic carbocycles. The molecule has 0 aromatic carbocycles. The van der Waals surface area contributed by atoms with Crippen LogP contribution in [0.5, 0.6) is 0 Å². The Labute approximate surface area is 78.7 Å². The molecule has 0 heterocycles. The summed E-state index contributed by atoms with van der Waals surface area (Å²) >= 11 is 0. The van der Waals surface area contributed by atoms with Gasteiger partial charge in [0.2, 0.25) is 5.91 Å².